The molecule has 0 amide bonds. The molecule has 0 radical (unpaired) electrons. The van der Waals surface area contributed by atoms with Crippen LogP contribution in [0.2, 0.25) is 0 Å². The lowest BCUT2D eigenvalue weighted by Gasteiger charge is -2.34. The number of carbonyl (C=O) groups excluding carboxylic acids is 2. The Morgan fingerprint density at radius 2 is 1.82 bits per heavy atom. The van der Waals surface area contributed by atoms with E-state index >= 15 is 0 Å². The van der Waals surface area contributed by atoms with Gasteiger partial charge in [0.05, 0.1) is 13.2 Å². The van der Waals surface area contributed by atoms with E-state index in [9.17, 15) is 9.59 Å². The zero-order chi connectivity index (χ0) is 16.4. The van der Waals surface area contributed by atoms with Crippen molar-refractivity contribution in [3.8, 4) is 12.3 Å². The normalized spacial score (nSPS) is 20.1. The second-order valence-electron chi connectivity index (χ2n) is 5.47. The lowest BCUT2D eigenvalue weighted by atomic mass is 9.70. The van der Waals surface area contributed by atoms with Crippen LogP contribution in [0.25, 0.3) is 0 Å². The van der Waals surface area contributed by atoms with Crippen LogP contribution in [0, 0.1) is 23.7 Å². The molecular weight excluding hydrogens is 280 g/mol. The summed E-state index contributed by atoms with van der Waals surface area (Å²) < 4.78 is 10.4. The van der Waals surface area contributed by atoms with E-state index in [4.69, 9.17) is 15.9 Å². The summed E-state index contributed by atoms with van der Waals surface area (Å²) in [5, 5.41) is 0. The minimum absolute atomic E-state index is 0.000324. The monoisotopic (exact) mass is 306 g/mol. The molecule has 0 aromatic carbocycles. The largest absolute Gasteiger partial charge is 0.465 e. The fourth-order valence-electron chi connectivity index (χ4n) is 2.91. The van der Waals surface area contributed by atoms with Gasteiger partial charge in [-0.2, -0.15) is 0 Å². The van der Waals surface area contributed by atoms with E-state index in [2.05, 4.69) is 5.92 Å². The first kappa shape index (κ1) is 18.3. The Labute approximate surface area is 133 Å². The van der Waals surface area contributed by atoms with Gasteiger partial charge >= 0.3 is 11.9 Å². The lowest BCUT2D eigenvalue weighted by molar-refractivity contribution is -0.175. The van der Waals surface area contributed by atoms with Crippen molar-refractivity contribution in [3.05, 3.63) is 12.2 Å². The van der Waals surface area contributed by atoms with Crippen molar-refractivity contribution >= 4 is 11.9 Å². The molecule has 1 rings (SSSR count). The zero-order valence-electron chi connectivity index (χ0n) is 13.6. The summed E-state index contributed by atoms with van der Waals surface area (Å²) in [6.07, 6.45) is 14.3. The fraction of sp³-hybridized carbons (Fsp3) is 0.667. The second kappa shape index (κ2) is 9.30. The Kier molecular flexibility index (Phi) is 7.73. The first-order valence-electron chi connectivity index (χ1n) is 8.08. The predicted octanol–water partition coefficient (Wildman–Crippen LogP) is 3.26. The highest BCUT2D eigenvalue weighted by Crippen LogP contribution is 2.40. The molecule has 0 fully saturated rings. The molecule has 122 valence electrons. The third-order valence-corrected chi connectivity index (χ3v) is 4.05. The molecule has 0 aliphatic heterocycles. The van der Waals surface area contributed by atoms with E-state index in [0.29, 0.717) is 0 Å². The van der Waals surface area contributed by atoms with Crippen molar-refractivity contribution in [2.75, 3.05) is 13.2 Å². The third-order valence-electron chi connectivity index (χ3n) is 4.05. The van der Waals surface area contributed by atoms with Gasteiger partial charge in [-0.15, -0.1) is 12.3 Å². The minimum Gasteiger partial charge on any atom is -0.465 e. The minimum atomic E-state index is -1.42. The van der Waals surface area contributed by atoms with Crippen LogP contribution in [0.4, 0.5) is 0 Å². The summed E-state index contributed by atoms with van der Waals surface area (Å²) in [6.45, 7) is 3.86. The van der Waals surface area contributed by atoms with Gasteiger partial charge in [-0.05, 0) is 33.1 Å². The van der Waals surface area contributed by atoms with Crippen LogP contribution < -0.4 is 0 Å². The lowest BCUT2D eigenvalue weighted by Crippen LogP contribution is -2.47. The average molecular weight is 306 g/mol. The fourth-order valence-corrected chi connectivity index (χ4v) is 2.91. The molecule has 0 aromatic heterocycles. The SMILES string of the molecule is C#CCC(C(=O)OCC)(C(=O)OCC)C1/C=C\CCCCC1. The summed E-state index contributed by atoms with van der Waals surface area (Å²) in [4.78, 5) is 25.2. The van der Waals surface area contributed by atoms with Crippen molar-refractivity contribution in [2.24, 2.45) is 11.3 Å². The summed E-state index contributed by atoms with van der Waals surface area (Å²) in [6, 6.07) is 0. The molecule has 4 nitrogen and oxygen atoms in total. The van der Waals surface area contributed by atoms with Crippen molar-refractivity contribution < 1.29 is 19.1 Å². The standard InChI is InChI=1S/C18H26O4/c1-4-14-18(16(19)21-5-2,17(20)22-6-3)15-12-10-8-7-9-11-13-15/h1,10,12,15H,5-9,11,13-14H2,2-3H3/b12-10-. The summed E-state index contributed by atoms with van der Waals surface area (Å²) in [5.74, 6) is 1.07. The number of hydrogen-bond acceptors (Lipinski definition) is 4. The van der Waals surface area contributed by atoms with E-state index in [0.717, 1.165) is 32.1 Å². The van der Waals surface area contributed by atoms with E-state index in [1.54, 1.807) is 13.8 Å². The van der Waals surface area contributed by atoms with Gasteiger partial charge in [-0.25, -0.2) is 0 Å². The number of carbonyl (C=O) groups is 2. The molecule has 1 unspecified atom stereocenters. The Morgan fingerprint density at radius 3 is 2.36 bits per heavy atom. The Bertz CT molecular complexity index is 426. The molecule has 0 bridgehead atoms. The molecular formula is C18H26O4. The summed E-state index contributed by atoms with van der Waals surface area (Å²) >= 11 is 0. The number of hydrogen-bond donors (Lipinski definition) is 0. The summed E-state index contributed by atoms with van der Waals surface area (Å²) in [5.41, 5.74) is -1.42. The highest BCUT2D eigenvalue weighted by Gasteiger charge is 2.53. The van der Waals surface area contributed by atoms with Crippen LogP contribution in [0.5, 0.6) is 0 Å². The molecule has 0 saturated heterocycles. The van der Waals surface area contributed by atoms with Crippen LogP contribution >= 0.6 is 0 Å². The van der Waals surface area contributed by atoms with Gasteiger partial charge in [0.15, 0.2) is 5.41 Å². The van der Waals surface area contributed by atoms with Gasteiger partial charge in [0.1, 0.15) is 0 Å². The Hall–Kier alpha value is -1.76. The highest BCUT2D eigenvalue weighted by atomic mass is 16.6. The zero-order valence-corrected chi connectivity index (χ0v) is 13.6. The highest BCUT2D eigenvalue weighted by molar-refractivity contribution is 6.01. The van der Waals surface area contributed by atoms with Crippen LogP contribution in [0.15, 0.2) is 12.2 Å². The first-order valence-corrected chi connectivity index (χ1v) is 8.08. The molecule has 0 spiro atoms. The van der Waals surface area contributed by atoms with Crippen molar-refractivity contribution in [3.63, 3.8) is 0 Å². The number of ether oxygens (including phenoxy) is 2. The van der Waals surface area contributed by atoms with Gasteiger partial charge in [0.2, 0.25) is 0 Å². The molecule has 1 atom stereocenters. The second-order valence-corrected chi connectivity index (χ2v) is 5.47. The summed E-state index contributed by atoms with van der Waals surface area (Å²) in [7, 11) is 0. The quantitative estimate of drug-likeness (QED) is 0.327. The molecule has 0 N–H and O–H groups in total. The number of allylic oxidation sites excluding steroid dienone is 2. The van der Waals surface area contributed by atoms with Crippen molar-refractivity contribution in [1.29, 1.82) is 0 Å². The molecule has 0 aromatic rings. The van der Waals surface area contributed by atoms with Gasteiger partial charge in [0.25, 0.3) is 0 Å². The smallest absolute Gasteiger partial charge is 0.325 e. The van der Waals surface area contributed by atoms with E-state index in [-0.39, 0.29) is 25.6 Å². The van der Waals surface area contributed by atoms with Gasteiger partial charge < -0.3 is 9.47 Å². The Morgan fingerprint density at radius 1 is 1.18 bits per heavy atom. The van der Waals surface area contributed by atoms with Gasteiger partial charge in [-0.1, -0.05) is 25.0 Å². The molecule has 4 heteroatoms. The van der Waals surface area contributed by atoms with Crippen LogP contribution in [-0.4, -0.2) is 25.2 Å². The number of terminal acetylenes is 1. The topological polar surface area (TPSA) is 52.6 Å². The first-order chi connectivity index (χ1) is 10.6. The molecule has 22 heavy (non-hydrogen) atoms. The van der Waals surface area contributed by atoms with Gasteiger partial charge in [-0.3, -0.25) is 9.59 Å². The number of rotatable bonds is 6. The number of esters is 2. The average Bonchev–Trinajstić information content (AvgIpc) is 2.45. The third kappa shape index (κ3) is 4.13. The van der Waals surface area contributed by atoms with Crippen LogP contribution in [-0.2, 0) is 19.1 Å². The van der Waals surface area contributed by atoms with E-state index in [1.165, 1.54) is 0 Å². The van der Waals surface area contributed by atoms with E-state index < -0.39 is 17.4 Å². The predicted molar refractivity (Wildman–Crippen MR) is 84.9 cm³/mol. The maximum atomic E-state index is 12.6. The molecule has 1 aliphatic rings. The molecule has 0 heterocycles. The van der Waals surface area contributed by atoms with Crippen molar-refractivity contribution in [1.82, 2.24) is 0 Å². The van der Waals surface area contributed by atoms with Crippen LogP contribution in [0.1, 0.15) is 52.4 Å². The van der Waals surface area contributed by atoms with E-state index in [1.807, 2.05) is 12.2 Å². The maximum absolute atomic E-state index is 12.6. The Balaban J connectivity index is 3.25. The van der Waals surface area contributed by atoms with Crippen molar-refractivity contribution in [2.45, 2.75) is 52.4 Å². The van der Waals surface area contributed by atoms with Gasteiger partial charge in [0, 0.05) is 12.3 Å². The molecule has 0 saturated carbocycles. The van der Waals surface area contributed by atoms with Crippen LogP contribution in [0.3, 0.4) is 0 Å². The maximum Gasteiger partial charge on any atom is 0.325 e. The molecule has 1 aliphatic carbocycles.